The summed E-state index contributed by atoms with van der Waals surface area (Å²) in [6, 6.07) is 3.98. The van der Waals surface area contributed by atoms with Gasteiger partial charge >= 0.3 is 0 Å². The quantitative estimate of drug-likeness (QED) is 0.538. The van der Waals surface area contributed by atoms with Gasteiger partial charge < -0.3 is 20.7 Å². The summed E-state index contributed by atoms with van der Waals surface area (Å²) in [4.78, 5) is 12.7. The van der Waals surface area contributed by atoms with Gasteiger partial charge in [0.15, 0.2) is 5.69 Å². The van der Waals surface area contributed by atoms with Crippen LogP contribution in [0.2, 0.25) is 0 Å². The number of hydrogen-bond acceptors (Lipinski definition) is 8. The number of piperidine rings is 1. The van der Waals surface area contributed by atoms with E-state index < -0.39 is 0 Å². The van der Waals surface area contributed by atoms with Gasteiger partial charge in [0.1, 0.15) is 17.7 Å². The van der Waals surface area contributed by atoms with Crippen LogP contribution >= 0.6 is 0 Å². The first kappa shape index (κ1) is 23.5. The number of anilines is 3. The molecule has 30 heavy (non-hydrogen) atoms. The topological polar surface area (TPSA) is 108 Å². The van der Waals surface area contributed by atoms with E-state index in [1.54, 1.807) is 7.11 Å². The molecule has 1 aliphatic rings. The maximum Gasteiger partial charge on any atom is 0.158 e. The molecule has 0 aromatic carbocycles. The molecule has 8 heteroatoms. The molecule has 0 saturated carbocycles. The fourth-order valence-electron chi connectivity index (χ4n) is 3.24. The lowest BCUT2D eigenvalue weighted by Gasteiger charge is -2.24. The Bertz CT molecular complexity index is 783. The second-order valence-corrected chi connectivity index (χ2v) is 6.92. The molecule has 2 aromatic rings. The molecule has 0 spiro atoms. The van der Waals surface area contributed by atoms with Crippen molar-refractivity contribution in [3.63, 3.8) is 0 Å². The first-order chi connectivity index (χ1) is 14.8. The summed E-state index contributed by atoms with van der Waals surface area (Å²) in [5.41, 5.74) is 2.56. The number of pyridine rings is 1. The van der Waals surface area contributed by atoms with Gasteiger partial charge in [-0.05, 0) is 50.3 Å². The SMILES string of the molecule is CC.COCCCc1cnc(Nc2cnc(C#N)cn2)cc1NCC1CCNCC1. The van der Waals surface area contributed by atoms with Crippen LogP contribution in [0.1, 0.15) is 44.4 Å². The Morgan fingerprint density at radius 1 is 1.13 bits per heavy atom. The Balaban J connectivity index is 0.00000155. The zero-order valence-corrected chi connectivity index (χ0v) is 18.2. The van der Waals surface area contributed by atoms with E-state index >= 15 is 0 Å². The Labute approximate surface area is 179 Å². The number of hydrogen-bond donors (Lipinski definition) is 3. The van der Waals surface area contributed by atoms with E-state index in [1.807, 2.05) is 32.2 Å². The zero-order valence-electron chi connectivity index (χ0n) is 18.2. The van der Waals surface area contributed by atoms with Gasteiger partial charge in [-0.1, -0.05) is 13.8 Å². The molecule has 0 bridgehead atoms. The minimum atomic E-state index is 0.288. The Morgan fingerprint density at radius 2 is 1.90 bits per heavy atom. The lowest BCUT2D eigenvalue weighted by molar-refractivity contribution is 0.195. The van der Waals surface area contributed by atoms with Crippen LogP contribution in [0.25, 0.3) is 0 Å². The van der Waals surface area contributed by atoms with Crippen molar-refractivity contribution < 1.29 is 4.74 Å². The van der Waals surface area contributed by atoms with Crippen molar-refractivity contribution in [1.29, 1.82) is 5.26 Å². The van der Waals surface area contributed by atoms with Crippen LogP contribution in [-0.4, -0.2) is 48.3 Å². The van der Waals surface area contributed by atoms with Gasteiger partial charge in [-0.2, -0.15) is 5.26 Å². The summed E-state index contributed by atoms with van der Waals surface area (Å²) >= 11 is 0. The molecule has 162 valence electrons. The third kappa shape index (κ3) is 7.58. The Hall–Kier alpha value is -2.76. The smallest absolute Gasteiger partial charge is 0.158 e. The predicted octanol–water partition coefficient (Wildman–Crippen LogP) is 3.50. The molecular formula is C22H33N7O. The molecule has 3 rings (SSSR count). The van der Waals surface area contributed by atoms with E-state index in [-0.39, 0.29) is 5.69 Å². The number of aromatic nitrogens is 3. The van der Waals surface area contributed by atoms with Crippen molar-refractivity contribution in [3.8, 4) is 6.07 Å². The van der Waals surface area contributed by atoms with Crippen molar-refractivity contribution in [3.05, 3.63) is 35.9 Å². The van der Waals surface area contributed by atoms with Gasteiger partial charge in [0.05, 0.1) is 12.4 Å². The maximum absolute atomic E-state index is 8.83. The molecule has 8 nitrogen and oxygen atoms in total. The Kier molecular flexibility index (Phi) is 10.6. The second-order valence-electron chi connectivity index (χ2n) is 6.92. The first-order valence-corrected chi connectivity index (χ1v) is 10.7. The fraction of sp³-hybridized carbons (Fsp3) is 0.545. The monoisotopic (exact) mass is 411 g/mol. The summed E-state index contributed by atoms with van der Waals surface area (Å²) in [6.45, 7) is 7.87. The molecule has 0 radical (unpaired) electrons. The van der Waals surface area contributed by atoms with E-state index in [0.29, 0.717) is 17.6 Å². The lowest BCUT2D eigenvalue weighted by atomic mass is 9.98. The summed E-state index contributed by atoms with van der Waals surface area (Å²) < 4.78 is 5.18. The standard InChI is InChI=1S/C20H27N7O.C2H6/c1-28-8-2-3-16-12-25-19(27-20-14-23-17(10-21)13-26-20)9-18(16)24-11-15-4-6-22-7-5-15;1-2/h9,12-15,22H,2-8,11H2,1H3,(H2,24,25,26,27);1-2H3. The summed E-state index contributed by atoms with van der Waals surface area (Å²) in [5.74, 6) is 1.94. The highest BCUT2D eigenvalue weighted by molar-refractivity contribution is 5.61. The number of nitrogens with zero attached hydrogens (tertiary/aromatic N) is 4. The van der Waals surface area contributed by atoms with Crippen molar-refractivity contribution in [1.82, 2.24) is 20.3 Å². The van der Waals surface area contributed by atoms with E-state index in [0.717, 1.165) is 44.8 Å². The van der Waals surface area contributed by atoms with Gasteiger partial charge in [-0.15, -0.1) is 0 Å². The average molecular weight is 412 g/mol. The largest absolute Gasteiger partial charge is 0.385 e. The van der Waals surface area contributed by atoms with Gasteiger partial charge in [0.25, 0.3) is 0 Å². The summed E-state index contributed by atoms with van der Waals surface area (Å²) in [7, 11) is 1.72. The van der Waals surface area contributed by atoms with E-state index in [1.165, 1.54) is 30.8 Å². The molecule has 3 N–H and O–H groups in total. The number of ether oxygens (including phenoxy) is 1. The summed E-state index contributed by atoms with van der Waals surface area (Å²) in [5, 5.41) is 19.0. The molecule has 0 atom stereocenters. The van der Waals surface area contributed by atoms with Gasteiger partial charge in [-0.3, -0.25) is 0 Å². The van der Waals surface area contributed by atoms with Crippen LogP contribution in [0.5, 0.6) is 0 Å². The molecule has 0 amide bonds. The minimum absolute atomic E-state index is 0.288. The predicted molar refractivity (Wildman–Crippen MR) is 120 cm³/mol. The van der Waals surface area contributed by atoms with Crippen LogP contribution in [0.4, 0.5) is 17.3 Å². The number of aryl methyl sites for hydroxylation is 1. The van der Waals surface area contributed by atoms with Gasteiger partial charge in [0, 0.05) is 38.2 Å². The van der Waals surface area contributed by atoms with Crippen molar-refractivity contribution in [2.45, 2.75) is 39.5 Å². The molecule has 0 aliphatic carbocycles. The van der Waals surface area contributed by atoms with Crippen LogP contribution < -0.4 is 16.0 Å². The molecule has 3 heterocycles. The molecule has 2 aromatic heterocycles. The average Bonchev–Trinajstić information content (AvgIpc) is 2.81. The summed E-state index contributed by atoms with van der Waals surface area (Å²) in [6.07, 6.45) is 9.14. The minimum Gasteiger partial charge on any atom is -0.385 e. The Morgan fingerprint density at radius 3 is 2.57 bits per heavy atom. The zero-order chi connectivity index (χ0) is 21.6. The van der Waals surface area contributed by atoms with Crippen LogP contribution in [-0.2, 0) is 11.2 Å². The first-order valence-electron chi connectivity index (χ1n) is 10.7. The normalized spacial score (nSPS) is 13.7. The van der Waals surface area contributed by atoms with Crippen molar-refractivity contribution in [2.75, 3.05) is 44.0 Å². The molecule has 0 unspecified atom stereocenters. The third-order valence-corrected chi connectivity index (χ3v) is 4.84. The number of rotatable bonds is 9. The van der Waals surface area contributed by atoms with E-state index in [4.69, 9.17) is 10.00 Å². The highest BCUT2D eigenvalue weighted by Gasteiger charge is 2.14. The van der Waals surface area contributed by atoms with Crippen LogP contribution in [0, 0.1) is 17.2 Å². The van der Waals surface area contributed by atoms with E-state index in [9.17, 15) is 0 Å². The maximum atomic E-state index is 8.83. The second kappa shape index (κ2) is 13.5. The van der Waals surface area contributed by atoms with E-state index in [2.05, 4.69) is 30.9 Å². The van der Waals surface area contributed by atoms with Gasteiger partial charge in [0.2, 0.25) is 0 Å². The highest BCUT2D eigenvalue weighted by Crippen LogP contribution is 2.23. The lowest BCUT2D eigenvalue weighted by Crippen LogP contribution is -2.31. The number of nitriles is 1. The van der Waals surface area contributed by atoms with Crippen LogP contribution in [0.15, 0.2) is 24.7 Å². The number of methoxy groups -OCH3 is 1. The van der Waals surface area contributed by atoms with Crippen LogP contribution in [0.3, 0.4) is 0 Å². The van der Waals surface area contributed by atoms with Crippen molar-refractivity contribution >= 4 is 17.3 Å². The highest BCUT2D eigenvalue weighted by atomic mass is 16.5. The fourth-order valence-corrected chi connectivity index (χ4v) is 3.24. The molecule has 1 fully saturated rings. The number of nitrogens with one attached hydrogen (secondary N) is 3. The molecular weight excluding hydrogens is 378 g/mol. The molecule has 1 aliphatic heterocycles. The third-order valence-electron chi connectivity index (χ3n) is 4.84. The molecule has 1 saturated heterocycles. The van der Waals surface area contributed by atoms with Gasteiger partial charge in [-0.25, -0.2) is 15.0 Å². The van der Waals surface area contributed by atoms with Crippen molar-refractivity contribution in [2.24, 2.45) is 5.92 Å².